The van der Waals surface area contributed by atoms with Gasteiger partial charge in [0.1, 0.15) is 5.56 Å². The molecule has 0 unspecified atom stereocenters. The van der Waals surface area contributed by atoms with E-state index < -0.39 is 21.4 Å². The highest BCUT2D eigenvalue weighted by Crippen LogP contribution is 2.21. The van der Waals surface area contributed by atoms with E-state index in [1.165, 1.54) is 24.4 Å². The van der Waals surface area contributed by atoms with Crippen LogP contribution in [0.1, 0.15) is 41.3 Å². The summed E-state index contributed by atoms with van der Waals surface area (Å²) in [6.45, 7) is 4.49. The van der Waals surface area contributed by atoms with Gasteiger partial charge >= 0.3 is 0 Å². The molecule has 0 aliphatic rings. The summed E-state index contributed by atoms with van der Waals surface area (Å²) in [5.41, 5.74) is 2.43. The molecule has 8 heteroatoms. The van der Waals surface area contributed by atoms with Crippen LogP contribution < -0.4 is 15.5 Å². The lowest BCUT2D eigenvalue weighted by Crippen LogP contribution is -2.30. The maximum Gasteiger partial charge on any atom is 0.261 e. The predicted molar refractivity (Wildman–Crippen MR) is 138 cm³/mol. The van der Waals surface area contributed by atoms with Gasteiger partial charge in [0.2, 0.25) is 5.43 Å². The van der Waals surface area contributed by atoms with Crippen molar-refractivity contribution in [3.8, 4) is 0 Å². The molecule has 0 spiro atoms. The summed E-state index contributed by atoms with van der Waals surface area (Å²) in [7, 11) is -3.94. The van der Waals surface area contributed by atoms with E-state index in [1.54, 1.807) is 12.1 Å². The number of carbonyl (C=O) groups is 1. The van der Waals surface area contributed by atoms with Crippen molar-refractivity contribution >= 4 is 32.5 Å². The van der Waals surface area contributed by atoms with E-state index in [1.807, 2.05) is 42.5 Å². The molecule has 0 aliphatic heterocycles. The Kier molecular flexibility index (Phi) is 7.02. The van der Waals surface area contributed by atoms with Crippen LogP contribution in [0, 0.1) is 0 Å². The summed E-state index contributed by atoms with van der Waals surface area (Å²) in [4.78, 5) is 28.5. The smallest absolute Gasteiger partial charge is 0.261 e. The number of amides is 1. The first kappa shape index (κ1) is 24.2. The van der Waals surface area contributed by atoms with Gasteiger partial charge in [0.05, 0.1) is 4.90 Å². The SMILES string of the molecule is CC(C)c1ccc(NS(=O)(=O)c2ccc3[nH]cc(C(=O)NCCc4ccccc4)c(=O)c3c2)cc1. The first-order valence-electron chi connectivity index (χ1n) is 11.3. The van der Waals surface area contributed by atoms with Gasteiger partial charge in [-0.25, -0.2) is 8.42 Å². The van der Waals surface area contributed by atoms with Crippen LogP contribution in [0.5, 0.6) is 0 Å². The quantitative estimate of drug-likeness (QED) is 0.340. The molecule has 0 saturated heterocycles. The number of aromatic amines is 1. The number of hydrogen-bond donors (Lipinski definition) is 3. The third kappa shape index (κ3) is 5.60. The summed E-state index contributed by atoms with van der Waals surface area (Å²) in [6.07, 6.45) is 1.98. The third-order valence-corrected chi connectivity index (χ3v) is 7.16. The Hall–Kier alpha value is -3.91. The lowest BCUT2D eigenvalue weighted by molar-refractivity contribution is 0.0953. The van der Waals surface area contributed by atoms with Gasteiger partial charge < -0.3 is 10.3 Å². The number of nitrogens with one attached hydrogen (secondary N) is 3. The molecule has 1 aromatic heterocycles. The molecule has 0 saturated carbocycles. The average molecular weight is 490 g/mol. The molecule has 180 valence electrons. The van der Waals surface area contributed by atoms with Crippen molar-refractivity contribution in [3.05, 3.63) is 106 Å². The number of sulfonamides is 1. The predicted octanol–water partition coefficient (Wildman–Crippen LogP) is 4.42. The lowest BCUT2D eigenvalue weighted by Gasteiger charge is -2.11. The van der Waals surface area contributed by atoms with E-state index in [0.29, 0.717) is 30.1 Å². The van der Waals surface area contributed by atoms with E-state index in [9.17, 15) is 18.0 Å². The van der Waals surface area contributed by atoms with Gasteiger partial charge in [-0.05, 0) is 53.8 Å². The fraction of sp³-hybridized carbons (Fsp3) is 0.185. The third-order valence-electron chi connectivity index (χ3n) is 5.78. The van der Waals surface area contributed by atoms with Crippen LogP contribution in [0.15, 0.2) is 88.7 Å². The molecule has 4 rings (SSSR count). The van der Waals surface area contributed by atoms with Crippen molar-refractivity contribution < 1.29 is 13.2 Å². The maximum absolute atomic E-state index is 13.0. The Morgan fingerprint density at radius 2 is 1.69 bits per heavy atom. The number of pyridine rings is 1. The van der Waals surface area contributed by atoms with E-state index in [-0.39, 0.29) is 15.8 Å². The first-order valence-corrected chi connectivity index (χ1v) is 12.8. The van der Waals surface area contributed by atoms with Crippen molar-refractivity contribution in [2.24, 2.45) is 0 Å². The molecule has 4 aromatic rings. The van der Waals surface area contributed by atoms with Crippen LogP contribution in [-0.2, 0) is 16.4 Å². The lowest BCUT2D eigenvalue weighted by atomic mass is 10.0. The molecule has 1 amide bonds. The number of anilines is 1. The van der Waals surface area contributed by atoms with Crippen LogP contribution in [0.4, 0.5) is 5.69 Å². The van der Waals surface area contributed by atoms with Crippen molar-refractivity contribution in [1.29, 1.82) is 0 Å². The van der Waals surface area contributed by atoms with Gasteiger partial charge in [-0.15, -0.1) is 0 Å². The molecule has 7 nitrogen and oxygen atoms in total. The van der Waals surface area contributed by atoms with Crippen LogP contribution in [0.2, 0.25) is 0 Å². The highest BCUT2D eigenvalue weighted by molar-refractivity contribution is 7.92. The second-order valence-corrected chi connectivity index (χ2v) is 10.3. The van der Waals surface area contributed by atoms with E-state index in [2.05, 4.69) is 28.9 Å². The zero-order valence-corrected chi connectivity index (χ0v) is 20.4. The number of aromatic nitrogens is 1. The molecule has 0 bridgehead atoms. The van der Waals surface area contributed by atoms with Gasteiger partial charge in [-0.3, -0.25) is 14.3 Å². The molecule has 1 heterocycles. The van der Waals surface area contributed by atoms with Crippen molar-refractivity contribution in [3.63, 3.8) is 0 Å². The second kappa shape index (κ2) is 10.1. The van der Waals surface area contributed by atoms with Gasteiger partial charge in [0.15, 0.2) is 0 Å². The zero-order chi connectivity index (χ0) is 25.0. The molecule has 0 radical (unpaired) electrons. The fourth-order valence-electron chi connectivity index (χ4n) is 3.74. The standard InChI is InChI=1S/C27H27N3O4S/c1-18(2)20-8-10-21(11-9-20)30-35(33,34)22-12-13-25-23(16-22)26(31)24(17-29-25)27(32)28-15-14-19-6-4-3-5-7-19/h3-13,16-18,30H,14-15H2,1-2H3,(H,28,32)(H,29,31). The van der Waals surface area contributed by atoms with Crippen molar-refractivity contribution in [1.82, 2.24) is 10.3 Å². The Morgan fingerprint density at radius 1 is 0.971 bits per heavy atom. The normalized spacial score (nSPS) is 11.5. The fourth-order valence-corrected chi connectivity index (χ4v) is 4.83. The number of fused-ring (bicyclic) bond motifs is 1. The molecule has 3 N–H and O–H groups in total. The van der Waals surface area contributed by atoms with Crippen LogP contribution >= 0.6 is 0 Å². The number of carbonyl (C=O) groups excluding carboxylic acids is 1. The zero-order valence-electron chi connectivity index (χ0n) is 19.5. The van der Waals surface area contributed by atoms with E-state index in [4.69, 9.17) is 0 Å². The van der Waals surface area contributed by atoms with Gasteiger partial charge in [0, 0.05) is 29.3 Å². The molecular weight excluding hydrogens is 462 g/mol. The summed E-state index contributed by atoms with van der Waals surface area (Å²) in [6, 6.07) is 21.1. The first-order chi connectivity index (χ1) is 16.7. The average Bonchev–Trinajstić information content (AvgIpc) is 2.85. The summed E-state index contributed by atoms with van der Waals surface area (Å²) in [5.74, 6) is -0.182. The summed E-state index contributed by atoms with van der Waals surface area (Å²) >= 11 is 0. The monoisotopic (exact) mass is 489 g/mol. The van der Waals surface area contributed by atoms with Crippen molar-refractivity contribution in [2.75, 3.05) is 11.3 Å². The molecule has 3 aromatic carbocycles. The molecule has 0 fully saturated rings. The number of hydrogen-bond acceptors (Lipinski definition) is 4. The van der Waals surface area contributed by atoms with Crippen LogP contribution in [0.3, 0.4) is 0 Å². The molecule has 35 heavy (non-hydrogen) atoms. The van der Waals surface area contributed by atoms with E-state index in [0.717, 1.165) is 11.1 Å². The Labute approximate surface area is 204 Å². The second-order valence-electron chi connectivity index (χ2n) is 8.61. The molecular formula is C27H27N3O4S. The van der Waals surface area contributed by atoms with Gasteiger partial charge in [-0.1, -0.05) is 56.3 Å². The summed E-state index contributed by atoms with van der Waals surface area (Å²) < 4.78 is 28.5. The Bertz CT molecular complexity index is 1510. The number of benzene rings is 3. The van der Waals surface area contributed by atoms with Gasteiger partial charge in [0.25, 0.3) is 15.9 Å². The minimum absolute atomic E-state index is 0.0647. The Balaban J connectivity index is 1.55. The molecule has 0 aliphatic carbocycles. The number of H-pyrrole nitrogens is 1. The highest BCUT2D eigenvalue weighted by atomic mass is 32.2. The van der Waals surface area contributed by atoms with E-state index >= 15 is 0 Å². The molecule has 0 atom stereocenters. The van der Waals surface area contributed by atoms with Gasteiger partial charge in [-0.2, -0.15) is 0 Å². The van der Waals surface area contributed by atoms with Crippen molar-refractivity contribution in [2.45, 2.75) is 31.1 Å². The largest absolute Gasteiger partial charge is 0.360 e. The minimum Gasteiger partial charge on any atom is -0.360 e. The Morgan fingerprint density at radius 3 is 2.37 bits per heavy atom. The minimum atomic E-state index is -3.94. The highest BCUT2D eigenvalue weighted by Gasteiger charge is 2.18. The maximum atomic E-state index is 13.0. The number of rotatable bonds is 8. The van der Waals surface area contributed by atoms with Crippen LogP contribution in [0.25, 0.3) is 10.9 Å². The summed E-state index contributed by atoms with van der Waals surface area (Å²) in [5, 5.41) is 2.88. The topological polar surface area (TPSA) is 108 Å². The van der Waals surface area contributed by atoms with Crippen LogP contribution in [-0.4, -0.2) is 25.9 Å².